The van der Waals surface area contributed by atoms with E-state index in [4.69, 9.17) is 41.9 Å². The van der Waals surface area contributed by atoms with Crippen molar-refractivity contribution in [2.24, 2.45) is 27.9 Å². The van der Waals surface area contributed by atoms with Gasteiger partial charge in [0.2, 0.25) is 12.1 Å². The number of fused-ring (bicyclic) bond motifs is 2. The number of carbonyl (C=O) groups excluding carboxylic acids is 3. The first-order chi connectivity index (χ1) is 28.0. The second-order valence-electron chi connectivity index (χ2n) is 14.1. The fourth-order valence-electron chi connectivity index (χ4n) is 7.08. The molecule has 0 bridgehead atoms. The zero-order valence-corrected chi connectivity index (χ0v) is 32.1. The number of aromatic hydroxyl groups is 1. The van der Waals surface area contributed by atoms with Crippen molar-refractivity contribution in [3.8, 4) is 17.2 Å². The van der Waals surface area contributed by atoms with Crippen LogP contribution in [0, 0.1) is 0 Å². The molecule has 310 valence electrons. The number of rotatable bonds is 13. The lowest BCUT2D eigenvalue weighted by Crippen LogP contribution is -2.67. The third-order valence-electron chi connectivity index (χ3n) is 9.91. The monoisotopic (exact) mass is 811 g/mol. The van der Waals surface area contributed by atoms with Crippen molar-refractivity contribution < 1.29 is 58.9 Å². The normalized spacial score (nSPS) is 19.7. The van der Waals surface area contributed by atoms with Crippen molar-refractivity contribution in [3.63, 3.8) is 0 Å². The number of phenols is 1. The Balaban J connectivity index is 1.55. The SMILES string of the molecule is CC(=O)Oc1cc(CO)c2c(c1/C=C/c1ccccc1)C(=O)c1cc(O[C@H]3O[C@@H](C)[C@@H](O)C(O)(O)[C@H]3OCCN=C(N)N)c(Cc3cccc(C(N)N)c3)c(O)c1C2=O. The van der Waals surface area contributed by atoms with E-state index in [1.165, 1.54) is 25.1 Å². The Morgan fingerprint density at radius 1 is 0.966 bits per heavy atom. The topological polar surface area (TPSA) is 306 Å². The van der Waals surface area contributed by atoms with Gasteiger partial charge in [0.15, 0.2) is 23.6 Å². The number of hydrogen-bond acceptors (Lipinski definition) is 15. The maximum atomic E-state index is 14.9. The molecule has 1 fully saturated rings. The number of aliphatic imine (C=N–C) groups is 1. The van der Waals surface area contributed by atoms with E-state index in [0.29, 0.717) is 16.7 Å². The van der Waals surface area contributed by atoms with E-state index in [2.05, 4.69) is 4.99 Å². The summed E-state index contributed by atoms with van der Waals surface area (Å²) in [6, 6.07) is 18.2. The van der Waals surface area contributed by atoms with Crippen LogP contribution >= 0.6 is 0 Å². The molecule has 1 saturated heterocycles. The Morgan fingerprint density at radius 3 is 2.36 bits per heavy atom. The minimum absolute atomic E-state index is 0.0410. The van der Waals surface area contributed by atoms with Crippen LogP contribution in [0.3, 0.4) is 0 Å². The first kappa shape index (κ1) is 42.6. The molecule has 0 aromatic heterocycles. The summed E-state index contributed by atoms with van der Waals surface area (Å²) < 4.78 is 23.4. The van der Waals surface area contributed by atoms with Gasteiger partial charge in [-0.15, -0.1) is 0 Å². The van der Waals surface area contributed by atoms with E-state index in [0.717, 1.165) is 6.92 Å². The van der Waals surface area contributed by atoms with E-state index >= 15 is 0 Å². The third-order valence-corrected chi connectivity index (χ3v) is 9.91. The first-order valence-corrected chi connectivity index (χ1v) is 18.5. The van der Waals surface area contributed by atoms with Gasteiger partial charge >= 0.3 is 5.97 Å². The largest absolute Gasteiger partial charge is 0.507 e. The number of guanidine groups is 1. The number of ketones is 2. The molecule has 17 nitrogen and oxygen atoms in total. The Bertz CT molecular complexity index is 2320. The summed E-state index contributed by atoms with van der Waals surface area (Å²) in [7, 11) is 0. The number of nitrogens with two attached hydrogens (primary N) is 4. The van der Waals surface area contributed by atoms with Gasteiger partial charge < -0.3 is 67.4 Å². The van der Waals surface area contributed by atoms with Gasteiger partial charge in [-0.3, -0.25) is 19.4 Å². The molecule has 1 aliphatic carbocycles. The molecule has 1 heterocycles. The Morgan fingerprint density at radius 2 is 1.69 bits per heavy atom. The minimum Gasteiger partial charge on any atom is -0.507 e. The number of aliphatic hydroxyl groups is 4. The first-order valence-electron chi connectivity index (χ1n) is 18.5. The van der Waals surface area contributed by atoms with Crippen LogP contribution in [0.1, 0.15) is 85.2 Å². The summed E-state index contributed by atoms with van der Waals surface area (Å²) in [5.41, 5.74) is 23.2. The number of nitrogens with zero attached hydrogens (tertiary/aromatic N) is 1. The summed E-state index contributed by atoms with van der Waals surface area (Å²) in [4.78, 5) is 45.6. The van der Waals surface area contributed by atoms with Gasteiger partial charge in [0.1, 0.15) is 23.4 Å². The van der Waals surface area contributed by atoms with Crippen molar-refractivity contribution in [2.75, 3.05) is 13.2 Å². The van der Waals surface area contributed by atoms with Crippen molar-refractivity contribution in [2.45, 2.75) is 63.4 Å². The summed E-state index contributed by atoms with van der Waals surface area (Å²) in [5, 5.41) is 55.7. The number of phenolic OH excluding ortho intramolecular Hbond substituents is 1. The molecule has 0 radical (unpaired) electrons. The average molecular weight is 812 g/mol. The van der Waals surface area contributed by atoms with Gasteiger partial charge in [0, 0.05) is 41.2 Å². The van der Waals surface area contributed by atoms with Gasteiger partial charge in [0.25, 0.3) is 0 Å². The number of ether oxygens (including phenoxy) is 4. The lowest BCUT2D eigenvalue weighted by molar-refractivity contribution is -0.378. The zero-order chi connectivity index (χ0) is 42.8. The third kappa shape index (κ3) is 8.73. The second-order valence-corrected chi connectivity index (χ2v) is 14.1. The van der Waals surface area contributed by atoms with Crippen LogP contribution in [0.5, 0.6) is 17.2 Å². The molecule has 2 aliphatic rings. The lowest BCUT2D eigenvalue weighted by Gasteiger charge is -2.45. The molecule has 59 heavy (non-hydrogen) atoms. The predicted molar refractivity (Wildman–Crippen MR) is 213 cm³/mol. The van der Waals surface area contributed by atoms with Crippen LogP contribution in [0.15, 0.2) is 71.7 Å². The number of carbonyl (C=O) groups is 3. The Labute approximate surface area is 338 Å². The molecule has 0 spiro atoms. The van der Waals surface area contributed by atoms with Crippen molar-refractivity contribution in [1.29, 1.82) is 0 Å². The highest BCUT2D eigenvalue weighted by Crippen LogP contribution is 2.45. The average Bonchev–Trinajstić information content (AvgIpc) is 3.19. The van der Waals surface area contributed by atoms with E-state index in [1.54, 1.807) is 54.6 Å². The number of esters is 1. The predicted octanol–water partition coefficient (Wildman–Crippen LogP) is 1.09. The maximum Gasteiger partial charge on any atom is 0.308 e. The van der Waals surface area contributed by atoms with Crippen LogP contribution in [-0.4, -0.2) is 92.6 Å². The van der Waals surface area contributed by atoms with E-state index in [1.807, 2.05) is 6.07 Å². The van der Waals surface area contributed by atoms with Crippen LogP contribution in [-0.2, 0) is 27.3 Å². The molecule has 13 N–H and O–H groups in total. The molecule has 1 aliphatic heterocycles. The highest BCUT2D eigenvalue weighted by Gasteiger charge is 2.56. The van der Waals surface area contributed by atoms with Gasteiger partial charge in [-0.25, -0.2) is 0 Å². The summed E-state index contributed by atoms with van der Waals surface area (Å²) in [6.45, 7) is 1.34. The van der Waals surface area contributed by atoms with Crippen molar-refractivity contribution >= 4 is 35.6 Å². The van der Waals surface area contributed by atoms with E-state index in [-0.39, 0.29) is 70.4 Å². The molecular formula is C42H45N5O12. The molecular weight excluding hydrogens is 766 g/mol. The summed E-state index contributed by atoms with van der Waals surface area (Å²) in [5.74, 6) is -6.65. The van der Waals surface area contributed by atoms with Crippen molar-refractivity contribution in [1.82, 2.24) is 0 Å². The number of hydrogen-bond donors (Lipinski definition) is 9. The van der Waals surface area contributed by atoms with Gasteiger partial charge in [-0.05, 0) is 47.4 Å². The molecule has 6 rings (SSSR count). The molecule has 17 heteroatoms. The Kier molecular flexibility index (Phi) is 12.6. The molecule has 4 aromatic rings. The molecule has 4 atom stereocenters. The second kappa shape index (κ2) is 17.5. The summed E-state index contributed by atoms with van der Waals surface area (Å²) in [6.07, 6.45) is -4.58. The molecule has 0 saturated carbocycles. The zero-order valence-electron chi connectivity index (χ0n) is 32.1. The number of benzene rings is 4. The van der Waals surface area contributed by atoms with Gasteiger partial charge in [0.05, 0.1) is 37.6 Å². The standard InChI is InChI=1S/C42H45N5O12/c1-20-37(53)42(54,55)38(56-14-13-47-41(45)46)40(57-20)59-30-18-28-33(34(50)27(30)16-23-9-6-10-24(15-23)39(43)44)36(52)31-25(19-48)17-29(58-21(2)49)26(32(31)35(28)51)12-11-22-7-4-3-5-8-22/h3-12,15,17-18,20,37-40,48,50,53-55H,13-14,16,19,43-44H2,1-2H3,(H4,45,46,47)/b12-11+/t20-,37+,38-,40+/m0/s1. The van der Waals surface area contributed by atoms with Crippen LogP contribution in [0.25, 0.3) is 12.2 Å². The van der Waals surface area contributed by atoms with Crippen molar-refractivity contribution in [3.05, 3.63) is 122 Å². The Hall–Kier alpha value is -6.02. The van der Waals surface area contributed by atoms with Gasteiger partial charge in [-0.2, -0.15) is 0 Å². The number of aliphatic hydroxyl groups excluding tert-OH is 2. The summed E-state index contributed by atoms with van der Waals surface area (Å²) >= 11 is 0. The van der Waals surface area contributed by atoms with Gasteiger partial charge in [-0.1, -0.05) is 60.7 Å². The van der Waals surface area contributed by atoms with Crippen LogP contribution in [0.2, 0.25) is 0 Å². The quantitative estimate of drug-likeness (QED) is 0.0153. The van der Waals surface area contributed by atoms with E-state index < -0.39 is 72.0 Å². The lowest BCUT2D eigenvalue weighted by atomic mass is 9.77. The molecule has 0 amide bonds. The minimum atomic E-state index is -2.97. The fourth-order valence-corrected chi connectivity index (χ4v) is 7.08. The van der Waals surface area contributed by atoms with Crippen LogP contribution < -0.4 is 32.4 Å². The van der Waals surface area contributed by atoms with Crippen LogP contribution in [0.4, 0.5) is 0 Å². The van der Waals surface area contributed by atoms with E-state index in [9.17, 15) is 39.9 Å². The highest BCUT2D eigenvalue weighted by atomic mass is 16.7. The smallest absolute Gasteiger partial charge is 0.308 e. The molecule has 0 unspecified atom stereocenters. The fraction of sp³-hybridized carbons (Fsp3) is 0.286. The maximum absolute atomic E-state index is 14.9. The highest BCUT2D eigenvalue weighted by molar-refractivity contribution is 6.31. The molecule has 4 aromatic carbocycles.